The minimum atomic E-state index is -3.45. The molecule has 1 amide bonds. The molecule has 0 fully saturated rings. The fourth-order valence-electron chi connectivity index (χ4n) is 1.72. The van der Waals surface area contributed by atoms with Crippen molar-refractivity contribution in [1.29, 1.82) is 0 Å². The number of halogens is 1. The third-order valence-corrected chi connectivity index (χ3v) is 4.14. The highest BCUT2D eigenvalue weighted by atomic mass is 32.2. The van der Waals surface area contributed by atoms with Crippen molar-refractivity contribution in [2.45, 2.75) is 26.4 Å². The first-order valence-corrected chi connectivity index (χ1v) is 8.03. The van der Waals surface area contributed by atoms with Gasteiger partial charge in [-0.2, -0.15) is 4.31 Å². The van der Waals surface area contributed by atoms with Crippen molar-refractivity contribution < 1.29 is 17.6 Å². The Morgan fingerprint density at radius 3 is 2.45 bits per heavy atom. The molecule has 1 rings (SSSR count). The van der Waals surface area contributed by atoms with E-state index in [2.05, 4.69) is 5.32 Å². The highest BCUT2D eigenvalue weighted by Gasteiger charge is 2.22. The minimum absolute atomic E-state index is 0.0290. The van der Waals surface area contributed by atoms with Gasteiger partial charge in [0.1, 0.15) is 5.82 Å². The van der Waals surface area contributed by atoms with Gasteiger partial charge < -0.3 is 5.32 Å². The fraction of sp³-hybridized carbons (Fsp3) is 0.462. The molecule has 0 atom stereocenters. The molecule has 0 aliphatic rings. The maximum atomic E-state index is 13.4. The van der Waals surface area contributed by atoms with Gasteiger partial charge in [0.15, 0.2) is 0 Å². The Morgan fingerprint density at radius 2 is 1.95 bits per heavy atom. The maximum absolute atomic E-state index is 13.4. The molecule has 1 N–H and O–H groups in total. The van der Waals surface area contributed by atoms with Gasteiger partial charge in [0, 0.05) is 18.2 Å². The zero-order valence-electron chi connectivity index (χ0n) is 11.8. The average molecular weight is 302 g/mol. The van der Waals surface area contributed by atoms with Gasteiger partial charge in [-0.1, -0.05) is 18.2 Å². The highest BCUT2D eigenvalue weighted by molar-refractivity contribution is 7.88. The Labute approximate surface area is 118 Å². The summed E-state index contributed by atoms with van der Waals surface area (Å²) in [4.78, 5) is 11.7. The Balaban J connectivity index is 2.62. The number of sulfonamides is 1. The number of hydrogen-bond donors (Lipinski definition) is 1. The van der Waals surface area contributed by atoms with E-state index in [1.54, 1.807) is 32.0 Å². The van der Waals surface area contributed by atoms with E-state index in [0.717, 1.165) is 10.6 Å². The number of carbonyl (C=O) groups is 1. The number of benzene rings is 1. The first-order chi connectivity index (χ1) is 9.21. The standard InChI is InChI=1S/C13H19FN2O3S/c1-10(2)16(20(3,18)19)9-13(17)15-8-11-6-4-5-7-12(11)14/h4-7,10H,8-9H2,1-3H3,(H,15,17). The molecule has 0 saturated carbocycles. The van der Waals surface area contributed by atoms with Gasteiger partial charge in [0.2, 0.25) is 15.9 Å². The zero-order valence-corrected chi connectivity index (χ0v) is 12.6. The maximum Gasteiger partial charge on any atom is 0.235 e. The molecular formula is C13H19FN2O3S. The molecule has 0 saturated heterocycles. The molecular weight excluding hydrogens is 283 g/mol. The number of hydrogen-bond acceptors (Lipinski definition) is 3. The van der Waals surface area contributed by atoms with E-state index in [-0.39, 0.29) is 19.1 Å². The summed E-state index contributed by atoms with van der Waals surface area (Å²) in [5.74, 6) is -0.871. The van der Waals surface area contributed by atoms with E-state index in [1.807, 2.05) is 0 Å². The van der Waals surface area contributed by atoms with Crippen LogP contribution in [0.3, 0.4) is 0 Å². The SMILES string of the molecule is CC(C)N(CC(=O)NCc1ccccc1F)S(C)(=O)=O. The van der Waals surface area contributed by atoms with Crippen LogP contribution >= 0.6 is 0 Å². The molecule has 0 aliphatic heterocycles. The van der Waals surface area contributed by atoms with Gasteiger partial charge in [-0.05, 0) is 19.9 Å². The molecule has 112 valence electrons. The van der Waals surface area contributed by atoms with Gasteiger partial charge in [-0.15, -0.1) is 0 Å². The van der Waals surface area contributed by atoms with Gasteiger partial charge in [0.25, 0.3) is 0 Å². The lowest BCUT2D eigenvalue weighted by atomic mass is 10.2. The summed E-state index contributed by atoms with van der Waals surface area (Å²) in [6.45, 7) is 3.13. The smallest absolute Gasteiger partial charge is 0.235 e. The highest BCUT2D eigenvalue weighted by Crippen LogP contribution is 2.07. The molecule has 0 aliphatic carbocycles. The molecule has 1 aromatic carbocycles. The molecule has 0 unspecified atom stereocenters. The normalized spacial score (nSPS) is 11.9. The summed E-state index contributed by atoms with van der Waals surface area (Å²) in [5, 5.41) is 2.51. The van der Waals surface area contributed by atoms with Crippen LogP contribution in [0.15, 0.2) is 24.3 Å². The first kappa shape index (κ1) is 16.6. The van der Waals surface area contributed by atoms with Crippen LogP contribution in [-0.4, -0.2) is 37.5 Å². The van der Waals surface area contributed by atoms with E-state index in [1.165, 1.54) is 6.07 Å². The predicted octanol–water partition coefficient (Wildman–Crippen LogP) is 1.11. The van der Waals surface area contributed by atoms with Gasteiger partial charge in [-0.3, -0.25) is 4.79 Å². The summed E-state index contributed by atoms with van der Waals surface area (Å²) in [6, 6.07) is 5.78. The van der Waals surface area contributed by atoms with Gasteiger partial charge >= 0.3 is 0 Å². The first-order valence-electron chi connectivity index (χ1n) is 6.18. The second-order valence-corrected chi connectivity index (χ2v) is 6.71. The van der Waals surface area contributed by atoms with Crippen molar-refractivity contribution in [2.75, 3.05) is 12.8 Å². The monoisotopic (exact) mass is 302 g/mol. The summed E-state index contributed by atoms with van der Waals surface area (Å²) >= 11 is 0. The summed E-state index contributed by atoms with van der Waals surface area (Å²) in [6.07, 6.45) is 1.05. The van der Waals surface area contributed by atoms with Crippen LogP contribution in [0, 0.1) is 5.82 Å². The van der Waals surface area contributed by atoms with Crippen LogP contribution in [0.5, 0.6) is 0 Å². The summed E-state index contributed by atoms with van der Waals surface area (Å²) in [7, 11) is -3.45. The molecule has 0 spiro atoms. The molecule has 0 heterocycles. The van der Waals surface area contributed by atoms with E-state index >= 15 is 0 Å². The lowest BCUT2D eigenvalue weighted by Gasteiger charge is -2.23. The molecule has 0 aromatic heterocycles. The minimum Gasteiger partial charge on any atom is -0.351 e. The number of nitrogens with one attached hydrogen (secondary N) is 1. The number of carbonyl (C=O) groups excluding carboxylic acids is 1. The van der Waals surface area contributed by atoms with Crippen molar-refractivity contribution in [2.24, 2.45) is 0 Å². The Kier molecular flexibility index (Phi) is 5.64. The van der Waals surface area contributed by atoms with E-state index in [0.29, 0.717) is 5.56 Å². The van der Waals surface area contributed by atoms with Crippen LogP contribution in [0.1, 0.15) is 19.4 Å². The van der Waals surface area contributed by atoms with E-state index in [4.69, 9.17) is 0 Å². The van der Waals surface area contributed by atoms with Crippen LogP contribution < -0.4 is 5.32 Å². The molecule has 20 heavy (non-hydrogen) atoms. The Morgan fingerprint density at radius 1 is 1.35 bits per heavy atom. The third-order valence-electron chi connectivity index (χ3n) is 2.74. The lowest BCUT2D eigenvalue weighted by molar-refractivity contribution is -0.121. The fourth-order valence-corrected chi connectivity index (χ4v) is 2.83. The number of rotatable bonds is 6. The Hall–Kier alpha value is -1.47. The summed E-state index contributed by atoms with van der Waals surface area (Å²) in [5.41, 5.74) is 0.358. The van der Waals surface area contributed by atoms with Crippen molar-refractivity contribution in [1.82, 2.24) is 9.62 Å². The largest absolute Gasteiger partial charge is 0.351 e. The Bertz CT molecular complexity index is 573. The van der Waals surface area contributed by atoms with Crippen LogP contribution in [0.2, 0.25) is 0 Å². The topological polar surface area (TPSA) is 66.5 Å². The summed E-state index contributed by atoms with van der Waals surface area (Å²) < 4.78 is 37.5. The van der Waals surface area contributed by atoms with Crippen molar-refractivity contribution in [3.05, 3.63) is 35.6 Å². The molecule has 5 nitrogen and oxygen atoms in total. The number of amides is 1. The quantitative estimate of drug-likeness (QED) is 0.856. The lowest BCUT2D eigenvalue weighted by Crippen LogP contribution is -2.43. The van der Waals surface area contributed by atoms with Crippen molar-refractivity contribution >= 4 is 15.9 Å². The van der Waals surface area contributed by atoms with E-state index in [9.17, 15) is 17.6 Å². The van der Waals surface area contributed by atoms with Gasteiger partial charge in [-0.25, -0.2) is 12.8 Å². The predicted molar refractivity (Wildman–Crippen MR) is 74.9 cm³/mol. The van der Waals surface area contributed by atoms with Crippen LogP contribution in [0.4, 0.5) is 4.39 Å². The average Bonchev–Trinajstić information content (AvgIpc) is 2.33. The van der Waals surface area contributed by atoms with Crippen molar-refractivity contribution in [3.8, 4) is 0 Å². The van der Waals surface area contributed by atoms with Crippen molar-refractivity contribution in [3.63, 3.8) is 0 Å². The molecule has 7 heteroatoms. The second kappa shape index (κ2) is 6.81. The number of nitrogens with zero attached hydrogens (tertiary/aromatic N) is 1. The van der Waals surface area contributed by atoms with Crippen LogP contribution in [0.25, 0.3) is 0 Å². The third kappa shape index (κ3) is 4.90. The van der Waals surface area contributed by atoms with E-state index < -0.39 is 21.7 Å². The van der Waals surface area contributed by atoms with Gasteiger partial charge in [0.05, 0.1) is 12.8 Å². The zero-order chi connectivity index (χ0) is 15.3. The molecule has 0 bridgehead atoms. The second-order valence-electron chi connectivity index (χ2n) is 4.77. The van der Waals surface area contributed by atoms with Crippen LogP contribution in [-0.2, 0) is 21.4 Å². The molecule has 0 radical (unpaired) electrons. The molecule has 1 aromatic rings.